The van der Waals surface area contributed by atoms with Gasteiger partial charge >= 0.3 is 0 Å². The van der Waals surface area contributed by atoms with Gasteiger partial charge in [0.05, 0.1) is 0 Å². The number of nitrogens with one attached hydrogen (secondary N) is 2. The molecule has 8 nitrogen and oxygen atoms in total. The number of nitriles is 1. The summed E-state index contributed by atoms with van der Waals surface area (Å²) >= 11 is 0. The van der Waals surface area contributed by atoms with E-state index >= 15 is 0 Å². The van der Waals surface area contributed by atoms with Crippen LogP contribution < -0.4 is 16.2 Å². The van der Waals surface area contributed by atoms with Crippen molar-refractivity contribution in [2.45, 2.75) is 63.2 Å². The van der Waals surface area contributed by atoms with E-state index in [2.05, 4.69) is 45.8 Å². The summed E-state index contributed by atoms with van der Waals surface area (Å²) in [5.74, 6) is 0.463. The number of benzene rings is 1. The lowest BCUT2D eigenvalue weighted by Gasteiger charge is -2.22. The van der Waals surface area contributed by atoms with E-state index in [1.807, 2.05) is 6.07 Å². The standard InChI is InChI=1S/C26H29N7O/c1-28-26(8-9-26)16-32-14-17-6-7-21(11-20(17)15-32)30-25-29-13-19-10-18(12-27)24(34)33(23(19)31-25)22-4-2-3-5-22/h6-7,10-11,13,22,28H,2-5,8-9,14-16H2,1H3,(H,29,30,31). The maximum atomic E-state index is 13.0. The van der Waals surface area contributed by atoms with Crippen molar-refractivity contribution >= 4 is 22.7 Å². The fourth-order valence-corrected chi connectivity index (χ4v) is 5.61. The molecule has 2 N–H and O–H groups in total. The minimum Gasteiger partial charge on any atom is -0.324 e. The van der Waals surface area contributed by atoms with Crippen LogP contribution in [0, 0.1) is 11.3 Å². The normalized spacial score (nSPS) is 19.3. The summed E-state index contributed by atoms with van der Waals surface area (Å²) in [7, 11) is 2.06. The fraction of sp³-hybridized carbons (Fsp3) is 0.462. The number of likely N-dealkylation sites (N-methyl/N-ethyl adjacent to an activating group) is 1. The van der Waals surface area contributed by atoms with Crippen LogP contribution in [0.15, 0.2) is 35.3 Å². The summed E-state index contributed by atoms with van der Waals surface area (Å²) in [5.41, 5.74) is 4.45. The molecule has 0 saturated heterocycles. The second kappa shape index (κ2) is 8.19. The van der Waals surface area contributed by atoms with E-state index in [1.54, 1.807) is 16.8 Å². The van der Waals surface area contributed by atoms with E-state index in [9.17, 15) is 10.1 Å². The molecular weight excluding hydrogens is 426 g/mol. The molecule has 6 rings (SSSR count). The summed E-state index contributed by atoms with van der Waals surface area (Å²) in [6.45, 7) is 3.02. The van der Waals surface area contributed by atoms with Crippen LogP contribution in [-0.2, 0) is 13.1 Å². The third kappa shape index (κ3) is 3.75. The molecule has 8 heteroatoms. The Morgan fingerprint density at radius 3 is 2.71 bits per heavy atom. The molecule has 2 aromatic heterocycles. The first kappa shape index (κ1) is 21.3. The molecule has 174 valence electrons. The van der Waals surface area contributed by atoms with Gasteiger partial charge in [-0.15, -0.1) is 0 Å². The van der Waals surface area contributed by atoms with Crippen molar-refractivity contribution in [1.29, 1.82) is 5.26 Å². The third-order valence-electron chi connectivity index (χ3n) is 7.74. The molecule has 0 unspecified atom stereocenters. The topological polar surface area (TPSA) is 98.9 Å². The Kier molecular flexibility index (Phi) is 5.12. The average Bonchev–Trinajstić information content (AvgIpc) is 3.22. The SMILES string of the molecule is CNC1(CN2Cc3ccc(Nc4ncc5cc(C#N)c(=O)n(C6CCCC6)c5n4)cc3C2)CC1. The first-order chi connectivity index (χ1) is 16.6. The van der Waals surface area contributed by atoms with E-state index in [1.165, 1.54) is 24.0 Å². The first-order valence-corrected chi connectivity index (χ1v) is 12.2. The Bertz CT molecular complexity index is 1360. The van der Waals surface area contributed by atoms with Crippen molar-refractivity contribution < 1.29 is 0 Å². The molecule has 1 aromatic carbocycles. The largest absolute Gasteiger partial charge is 0.324 e. The van der Waals surface area contributed by atoms with E-state index in [0.717, 1.165) is 56.4 Å². The minimum absolute atomic E-state index is 0.0874. The molecule has 34 heavy (non-hydrogen) atoms. The highest BCUT2D eigenvalue weighted by atomic mass is 16.1. The number of nitrogens with zero attached hydrogens (tertiary/aromatic N) is 5. The van der Waals surface area contributed by atoms with Gasteiger partial charge in [-0.25, -0.2) is 4.98 Å². The number of anilines is 2. The van der Waals surface area contributed by atoms with Gasteiger partial charge in [-0.3, -0.25) is 14.3 Å². The maximum absolute atomic E-state index is 13.0. The second-order valence-electron chi connectivity index (χ2n) is 10.0. The molecule has 2 saturated carbocycles. The molecule has 2 aliphatic carbocycles. The summed E-state index contributed by atoms with van der Waals surface area (Å²) in [6.07, 6.45) is 8.27. The maximum Gasteiger partial charge on any atom is 0.270 e. The predicted octanol–water partition coefficient (Wildman–Crippen LogP) is 3.59. The predicted molar refractivity (Wildman–Crippen MR) is 131 cm³/mol. The van der Waals surface area contributed by atoms with Crippen LogP contribution in [0.4, 0.5) is 11.6 Å². The molecule has 0 atom stereocenters. The molecule has 3 aliphatic rings. The fourth-order valence-electron chi connectivity index (χ4n) is 5.61. The van der Waals surface area contributed by atoms with Gasteiger partial charge < -0.3 is 10.6 Å². The van der Waals surface area contributed by atoms with Crippen LogP contribution in [0.3, 0.4) is 0 Å². The lowest BCUT2D eigenvalue weighted by molar-refractivity contribution is 0.243. The Labute approximate surface area is 198 Å². The van der Waals surface area contributed by atoms with E-state index < -0.39 is 0 Å². The van der Waals surface area contributed by atoms with Crippen LogP contribution in [0.1, 0.15) is 61.3 Å². The van der Waals surface area contributed by atoms with Crippen LogP contribution >= 0.6 is 0 Å². The molecule has 2 fully saturated rings. The lowest BCUT2D eigenvalue weighted by atomic mass is 10.1. The number of hydrogen-bond acceptors (Lipinski definition) is 7. The number of fused-ring (bicyclic) bond motifs is 2. The molecule has 3 heterocycles. The number of aromatic nitrogens is 3. The van der Waals surface area contributed by atoms with Crippen LogP contribution in [-0.4, -0.2) is 38.6 Å². The Morgan fingerprint density at radius 2 is 1.97 bits per heavy atom. The smallest absolute Gasteiger partial charge is 0.270 e. The van der Waals surface area contributed by atoms with Gasteiger partial charge in [0.2, 0.25) is 5.95 Å². The van der Waals surface area contributed by atoms with Crippen LogP contribution in [0.2, 0.25) is 0 Å². The van der Waals surface area contributed by atoms with Crippen molar-refractivity contribution in [2.75, 3.05) is 18.9 Å². The van der Waals surface area contributed by atoms with Crippen molar-refractivity contribution in [3.05, 3.63) is 57.5 Å². The van der Waals surface area contributed by atoms with Gasteiger partial charge in [0.25, 0.3) is 5.56 Å². The lowest BCUT2D eigenvalue weighted by Crippen LogP contribution is -2.39. The van der Waals surface area contributed by atoms with Crippen LogP contribution in [0.5, 0.6) is 0 Å². The molecule has 3 aromatic rings. The molecule has 0 amide bonds. The van der Waals surface area contributed by atoms with Crippen LogP contribution in [0.25, 0.3) is 11.0 Å². The van der Waals surface area contributed by atoms with Gasteiger partial charge in [0.1, 0.15) is 17.3 Å². The number of pyridine rings is 1. The highest BCUT2D eigenvalue weighted by molar-refractivity contribution is 5.77. The van der Waals surface area contributed by atoms with Crippen molar-refractivity contribution in [3.8, 4) is 6.07 Å². The van der Waals surface area contributed by atoms with Gasteiger partial charge in [0.15, 0.2) is 0 Å². The Morgan fingerprint density at radius 1 is 1.18 bits per heavy atom. The number of rotatable bonds is 6. The highest BCUT2D eigenvalue weighted by Crippen LogP contribution is 2.38. The Hall–Kier alpha value is -3.28. The highest BCUT2D eigenvalue weighted by Gasteiger charge is 2.43. The van der Waals surface area contributed by atoms with Gasteiger partial charge in [0, 0.05) is 48.5 Å². The quantitative estimate of drug-likeness (QED) is 0.586. The van der Waals surface area contributed by atoms with Gasteiger partial charge in [-0.2, -0.15) is 10.2 Å². The zero-order valence-corrected chi connectivity index (χ0v) is 19.5. The summed E-state index contributed by atoms with van der Waals surface area (Å²) in [6, 6.07) is 10.2. The van der Waals surface area contributed by atoms with Crippen molar-refractivity contribution in [3.63, 3.8) is 0 Å². The molecule has 0 spiro atoms. The van der Waals surface area contributed by atoms with Gasteiger partial charge in [-0.05, 0) is 62.1 Å². The van der Waals surface area contributed by atoms with Crippen molar-refractivity contribution in [1.82, 2.24) is 24.8 Å². The zero-order valence-electron chi connectivity index (χ0n) is 19.5. The first-order valence-electron chi connectivity index (χ1n) is 12.2. The summed E-state index contributed by atoms with van der Waals surface area (Å²) < 4.78 is 1.73. The Balaban J connectivity index is 1.28. The van der Waals surface area contributed by atoms with Gasteiger partial charge in [-0.1, -0.05) is 18.9 Å². The van der Waals surface area contributed by atoms with E-state index in [-0.39, 0.29) is 17.2 Å². The summed E-state index contributed by atoms with van der Waals surface area (Å²) in [4.78, 5) is 24.7. The average molecular weight is 456 g/mol. The minimum atomic E-state index is -0.251. The third-order valence-corrected chi connectivity index (χ3v) is 7.74. The molecule has 0 bridgehead atoms. The van der Waals surface area contributed by atoms with Crippen molar-refractivity contribution in [2.24, 2.45) is 0 Å². The van der Waals surface area contributed by atoms with E-state index in [4.69, 9.17) is 4.98 Å². The summed E-state index contributed by atoms with van der Waals surface area (Å²) in [5, 5.41) is 17.0. The zero-order chi connectivity index (χ0) is 23.3. The molecule has 0 radical (unpaired) electrons. The number of hydrogen-bond donors (Lipinski definition) is 2. The monoisotopic (exact) mass is 455 g/mol. The molecule has 1 aliphatic heterocycles. The second-order valence-corrected chi connectivity index (χ2v) is 10.0. The van der Waals surface area contributed by atoms with E-state index in [0.29, 0.717) is 17.1 Å². The molecular formula is C26H29N7O.